The summed E-state index contributed by atoms with van der Waals surface area (Å²) in [5.74, 6) is 2.42. The van der Waals surface area contributed by atoms with Gasteiger partial charge in [0.1, 0.15) is 30.0 Å². The fourth-order valence-corrected chi connectivity index (χ4v) is 3.99. The molecule has 0 radical (unpaired) electrons. The topological polar surface area (TPSA) is 69.3 Å². The van der Waals surface area contributed by atoms with Crippen molar-refractivity contribution >= 4 is 11.8 Å². The molecule has 4 rings (SSSR count). The number of carbonyl (C=O) groups excluding carboxylic acids is 1. The van der Waals surface area contributed by atoms with Crippen molar-refractivity contribution in [3.8, 4) is 17.2 Å². The van der Waals surface area contributed by atoms with E-state index in [1.54, 1.807) is 7.11 Å². The van der Waals surface area contributed by atoms with Crippen LogP contribution in [0, 0.1) is 0 Å². The number of benzene rings is 3. The van der Waals surface area contributed by atoms with Crippen LogP contribution in [-0.2, 0) is 11.3 Å². The molecule has 1 saturated heterocycles. The summed E-state index contributed by atoms with van der Waals surface area (Å²) >= 11 is 0. The van der Waals surface area contributed by atoms with Crippen LogP contribution >= 0.6 is 0 Å². The lowest BCUT2D eigenvalue weighted by Crippen LogP contribution is -2.54. The fraction of sp³-hybridized carbons (Fsp3) is 0.345. The van der Waals surface area contributed by atoms with E-state index in [0.29, 0.717) is 6.61 Å². The summed E-state index contributed by atoms with van der Waals surface area (Å²) in [6, 6.07) is 23.2. The summed E-state index contributed by atoms with van der Waals surface area (Å²) in [6.07, 6.45) is 0.620. The van der Waals surface area contributed by atoms with Gasteiger partial charge in [0, 0.05) is 6.07 Å². The van der Waals surface area contributed by atoms with E-state index >= 15 is 0 Å². The lowest BCUT2D eigenvalue weighted by Gasteiger charge is -2.41. The largest absolute Gasteiger partial charge is 0.494 e. The maximum atomic E-state index is 12.1. The molecule has 0 saturated carbocycles. The molecule has 7 heteroatoms. The third-order valence-electron chi connectivity index (χ3n) is 6.04. The zero-order chi connectivity index (χ0) is 25.3. The minimum atomic E-state index is -0.443. The van der Waals surface area contributed by atoms with Crippen LogP contribution < -0.4 is 24.4 Å². The van der Waals surface area contributed by atoms with Crippen LogP contribution in [0.25, 0.3) is 0 Å². The van der Waals surface area contributed by atoms with E-state index in [1.807, 2.05) is 79.7 Å². The number of alkyl carbamates (subject to hydrolysis) is 1. The SMILES string of the molecule is CCCOc1ccc(N2CC(Oc3ccc(C(C)NC(=O)OCc4ccccc4)cc3)C2)c(OC)c1. The Hall–Kier alpha value is -3.87. The Morgan fingerprint density at radius 2 is 1.75 bits per heavy atom. The molecule has 7 nitrogen and oxygen atoms in total. The number of rotatable bonds is 11. The smallest absolute Gasteiger partial charge is 0.407 e. The summed E-state index contributed by atoms with van der Waals surface area (Å²) in [5, 5.41) is 2.87. The number of amides is 1. The Morgan fingerprint density at radius 1 is 1.03 bits per heavy atom. The predicted molar refractivity (Wildman–Crippen MR) is 140 cm³/mol. The van der Waals surface area contributed by atoms with Gasteiger partial charge >= 0.3 is 6.09 Å². The van der Waals surface area contributed by atoms with Gasteiger partial charge in [-0.1, -0.05) is 49.4 Å². The van der Waals surface area contributed by atoms with Gasteiger partial charge in [-0.15, -0.1) is 0 Å². The van der Waals surface area contributed by atoms with Crippen LogP contribution in [0.4, 0.5) is 10.5 Å². The standard InChI is InChI=1S/C29H34N2O5/c1-4-16-34-25-14-15-27(28(17-25)33-3)31-18-26(19-31)36-24-12-10-23(11-13-24)21(2)30-29(32)35-20-22-8-6-5-7-9-22/h5-15,17,21,26H,4,16,18-20H2,1-3H3,(H,30,32). The van der Waals surface area contributed by atoms with E-state index < -0.39 is 6.09 Å². The van der Waals surface area contributed by atoms with E-state index in [9.17, 15) is 4.79 Å². The minimum Gasteiger partial charge on any atom is -0.494 e. The molecule has 1 aliphatic rings. The molecule has 3 aromatic carbocycles. The number of carbonyl (C=O) groups is 1. The Kier molecular flexibility index (Phi) is 8.55. The van der Waals surface area contributed by atoms with Gasteiger partial charge in [0.05, 0.1) is 38.5 Å². The van der Waals surface area contributed by atoms with Crippen molar-refractivity contribution in [2.75, 3.05) is 31.7 Å². The quantitative estimate of drug-likeness (QED) is 0.370. The Labute approximate surface area is 212 Å². The van der Waals surface area contributed by atoms with Gasteiger partial charge in [0.25, 0.3) is 0 Å². The van der Waals surface area contributed by atoms with E-state index in [0.717, 1.165) is 53.6 Å². The second-order valence-corrected chi connectivity index (χ2v) is 8.82. The third kappa shape index (κ3) is 6.62. The van der Waals surface area contributed by atoms with E-state index in [-0.39, 0.29) is 18.8 Å². The zero-order valence-electron chi connectivity index (χ0n) is 21.1. The van der Waals surface area contributed by atoms with Gasteiger partial charge in [-0.2, -0.15) is 0 Å². The molecule has 0 spiro atoms. The molecule has 36 heavy (non-hydrogen) atoms. The molecule has 0 bridgehead atoms. The molecule has 1 amide bonds. The van der Waals surface area contributed by atoms with Crippen molar-refractivity contribution in [3.63, 3.8) is 0 Å². The van der Waals surface area contributed by atoms with Gasteiger partial charge in [-0.05, 0) is 48.7 Å². The van der Waals surface area contributed by atoms with Gasteiger partial charge in [0.2, 0.25) is 0 Å². The molecule has 1 atom stereocenters. The summed E-state index contributed by atoms with van der Waals surface area (Å²) < 4.78 is 22.7. The van der Waals surface area contributed by atoms with Crippen molar-refractivity contribution in [1.29, 1.82) is 0 Å². The molecule has 0 aromatic heterocycles. The maximum absolute atomic E-state index is 12.1. The molecular formula is C29H34N2O5. The molecular weight excluding hydrogens is 456 g/mol. The second kappa shape index (κ2) is 12.2. The fourth-order valence-electron chi connectivity index (χ4n) is 3.99. The maximum Gasteiger partial charge on any atom is 0.407 e. The number of hydrogen-bond donors (Lipinski definition) is 1. The average Bonchev–Trinajstić information content (AvgIpc) is 2.89. The van der Waals surface area contributed by atoms with Crippen LogP contribution in [0.1, 0.15) is 37.4 Å². The van der Waals surface area contributed by atoms with Crippen LogP contribution in [0.5, 0.6) is 17.2 Å². The lowest BCUT2D eigenvalue weighted by atomic mass is 10.1. The van der Waals surface area contributed by atoms with Crippen molar-refractivity contribution < 1.29 is 23.7 Å². The molecule has 1 fully saturated rings. The highest BCUT2D eigenvalue weighted by Crippen LogP contribution is 2.35. The highest BCUT2D eigenvalue weighted by atomic mass is 16.5. The summed E-state index contributed by atoms with van der Waals surface area (Å²) in [6.45, 7) is 6.49. The van der Waals surface area contributed by atoms with Gasteiger partial charge < -0.3 is 29.2 Å². The average molecular weight is 491 g/mol. The van der Waals surface area contributed by atoms with Gasteiger partial charge in [-0.3, -0.25) is 0 Å². The monoisotopic (exact) mass is 490 g/mol. The summed E-state index contributed by atoms with van der Waals surface area (Å²) in [5.41, 5.74) is 2.97. The predicted octanol–water partition coefficient (Wildman–Crippen LogP) is 5.74. The van der Waals surface area contributed by atoms with Crippen molar-refractivity contribution in [2.24, 2.45) is 0 Å². The van der Waals surface area contributed by atoms with Crippen LogP contribution in [0.3, 0.4) is 0 Å². The first kappa shape index (κ1) is 25.2. The molecule has 1 heterocycles. The third-order valence-corrected chi connectivity index (χ3v) is 6.04. The van der Waals surface area contributed by atoms with Crippen molar-refractivity contribution in [3.05, 3.63) is 83.9 Å². The molecule has 1 N–H and O–H groups in total. The first-order chi connectivity index (χ1) is 17.6. The zero-order valence-corrected chi connectivity index (χ0v) is 21.1. The second-order valence-electron chi connectivity index (χ2n) is 8.82. The molecule has 3 aromatic rings. The first-order valence-electron chi connectivity index (χ1n) is 12.3. The van der Waals surface area contributed by atoms with Crippen LogP contribution in [0.2, 0.25) is 0 Å². The van der Waals surface area contributed by atoms with Crippen LogP contribution in [-0.4, -0.2) is 39.0 Å². The van der Waals surface area contributed by atoms with Crippen molar-refractivity contribution in [2.45, 2.75) is 39.0 Å². The number of nitrogens with zero attached hydrogens (tertiary/aromatic N) is 1. The van der Waals surface area contributed by atoms with Crippen LogP contribution in [0.15, 0.2) is 72.8 Å². The normalized spacial score (nSPS) is 13.9. The Bertz CT molecular complexity index is 1110. The highest BCUT2D eigenvalue weighted by Gasteiger charge is 2.30. The number of methoxy groups -OCH3 is 1. The Balaban J connectivity index is 1.23. The van der Waals surface area contributed by atoms with E-state index in [1.165, 1.54) is 0 Å². The first-order valence-corrected chi connectivity index (χ1v) is 12.3. The number of hydrogen-bond acceptors (Lipinski definition) is 6. The minimum absolute atomic E-state index is 0.0973. The molecule has 1 aliphatic heterocycles. The number of anilines is 1. The van der Waals surface area contributed by atoms with Crippen molar-refractivity contribution in [1.82, 2.24) is 5.32 Å². The highest BCUT2D eigenvalue weighted by molar-refractivity contribution is 5.68. The van der Waals surface area contributed by atoms with Gasteiger partial charge in [-0.25, -0.2) is 4.79 Å². The number of ether oxygens (including phenoxy) is 4. The van der Waals surface area contributed by atoms with E-state index in [2.05, 4.69) is 17.1 Å². The summed E-state index contributed by atoms with van der Waals surface area (Å²) in [7, 11) is 1.68. The summed E-state index contributed by atoms with van der Waals surface area (Å²) in [4.78, 5) is 14.4. The number of nitrogens with one attached hydrogen (secondary N) is 1. The van der Waals surface area contributed by atoms with Gasteiger partial charge in [0.15, 0.2) is 0 Å². The lowest BCUT2D eigenvalue weighted by molar-refractivity contribution is 0.136. The molecule has 190 valence electrons. The molecule has 1 unspecified atom stereocenters. The molecule has 0 aliphatic carbocycles. The Morgan fingerprint density at radius 3 is 2.44 bits per heavy atom. The van der Waals surface area contributed by atoms with E-state index in [4.69, 9.17) is 18.9 Å².